The first-order chi connectivity index (χ1) is 7.89. The number of hydrogen-bond acceptors (Lipinski definition) is 3. The minimum absolute atomic E-state index is 0.167. The number of nitrogens with one attached hydrogen (secondary N) is 1. The van der Waals surface area contributed by atoms with Gasteiger partial charge in [-0.2, -0.15) is 0 Å². The van der Waals surface area contributed by atoms with Gasteiger partial charge in [-0.25, -0.2) is 0 Å². The molecule has 0 saturated carbocycles. The van der Waals surface area contributed by atoms with Crippen molar-refractivity contribution in [3.05, 3.63) is 24.2 Å². The fourth-order valence-electron chi connectivity index (χ4n) is 2.47. The van der Waals surface area contributed by atoms with Gasteiger partial charge in [0, 0.05) is 17.6 Å². The predicted octanol–water partition coefficient (Wildman–Crippen LogP) is 2.63. The Morgan fingerprint density at radius 1 is 1.35 bits per heavy atom. The van der Waals surface area contributed by atoms with Crippen LogP contribution >= 0.6 is 0 Å². The summed E-state index contributed by atoms with van der Waals surface area (Å²) in [6.07, 6.45) is 2.92. The molecule has 0 spiro atoms. The Balaban J connectivity index is 2.15. The summed E-state index contributed by atoms with van der Waals surface area (Å²) in [4.78, 5) is 2.52. The highest BCUT2D eigenvalue weighted by Crippen LogP contribution is 2.26. The molecule has 1 saturated heterocycles. The second kappa shape index (κ2) is 4.46. The number of hydrogen-bond donors (Lipinski definition) is 1. The van der Waals surface area contributed by atoms with Crippen LogP contribution < -0.4 is 5.32 Å². The van der Waals surface area contributed by atoms with Crippen LogP contribution in [0.1, 0.15) is 39.9 Å². The lowest BCUT2D eigenvalue weighted by molar-refractivity contribution is 0.0898. The molecule has 2 rings (SSSR count). The van der Waals surface area contributed by atoms with E-state index in [1.54, 1.807) is 6.26 Å². The molecule has 1 aromatic rings. The monoisotopic (exact) mass is 236 g/mol. The van der Waals surface area contributed by atoms with Crippen LogP contribution in [0.5, 0.6) is 0 Å². The first kappa shape index (κ1) is 12.7. The van der Waals surface area contributed by atoms with Gasteiger partial charge in [0.05, 0.1) is 12.8 Å². The predicted molar refractivity (Wildman–Crippen MR) is 69.9 cm³/mol. The third kappa shape index (κ3) is 3.11. The Bertz CT molecular complexity index is 354. The van der Waals surface area contributed by atoms with Gasteiger partial charge in [0.25, 0.3) is 0 Å². The van der Waals surface area contributed by atoms with Gasteiger partial charge in [-0.3, -0.25) is 4.90 Å². The van der Waals surface area contributed by atoms with Crippen LogP contribution in [0.4, 0.5) is 0 Å². The van der Waals surface area contributed by atoms with Crippen molar-refractivity contribution in [2.75, 3.05) is 13.1 Å². The summed E-state index contributed by atoms with van der Waals surface area (Å²) in [7, 11) is 0. The summed E-state index contributed by atoms with van der Waals surface area (Å²) in [6, 6.07) is 4.02. The van der Waals surface area contributed by atoms with Crippen molar-refractivity contribution in [2.45, 2.75) is 51.7 Å². The molecule has 0 bridgehead atoms. The van der Waals surface area contributed by atoms with E-state index in [4.69, 9.17) is 4.42 Å². The van der Waals surface area contributed by atoms with E-state index in [2.05, 4.69) is 44.0 Å². The minimum Gasteiger partial charge on any atom is -0.468 e. The lowest BCUT2D eigenvalue weighted by atomic mass is 9.97. The van der Waals surface area contributed by atoms with Crippen LogP contribution in [0.25, 0.3) is 0 Å². The maximum Gasteiger partial charge on any atom is 0.117 e. The van der Waals surface area contributed by atoms with Crippen LogP contribution in [-0.4, -0.2) is 29.1 Å². The fourth-order valence-corrected chi connectivity index (χ4v) is 2.47. The molecule has 1 aromatic heterocycles. The first-order valence-electron chi connectivity index (χ1n) is 6.42. The van der Waals surface area contributed by atoms with E-state index in [9.17, 15) is 0 Å². The summed E-state index contributed by atoms with van der Waals surface area (Å²) in [5.74, 6) is 1.05. The van der Waals surface area contributed by atoms with E-state index >= 15 is 0 Å². The molecule has 0 aliphatic carbocycles. The molecule has 0 amide bonds. The van der Waals surface area contributed by atoms with E-state index in [-0.39, 0.29) is 11.1 Å². The average Bonchev–Trinajstić information content (AvgIpc) is 2.64. The van der Waals surface area contributed by atoms with Gasteiger partial charge in [-0.15, -0.1) is 0 Å². The zero-order valence-corrected chi connectivity index (χ0v) is 11.4. The standard InChI is InChI=1S/C14H24N2O/c1-13(2)11-16(10-12-6-5-9-17-12)14(3,4)7-8-15-13/h5-6,9,15H,7-8,10-11H2,1-4H3. The number of furan rings is 1. The molecule has 3 nitrogen and oxygen atoms in total. The van der Waals surface area contributed by atoms with Crippen molar-refractivity contribution in [1.29, 1.82) is 0 Å². The molecule has 1 N–H and O–H groups in total. The van der Waals surface area contributed by atoms with Crippen molar-refractivity contribution in [2.24, 2.45) is 0 Å². The second-order valence-electron chi connectivity index (χ2n) is 6.31. The Morgan fingerprint density at radius 3 is 2.76 bits per heavy atom. The Labute approximate surface area is 104 Å². The maximum absolute atomic E-state index is 5.48. The largest absolute Gasteiger partial charge is 0.468 e. The molecule has 0 unspecified atom stereocenters. The molecule has 1 aliphatic rings. The maximum atomic E-state index is 5.48. The topological polar surface area (TPSA) is 28.4 Å². The molecule has 1 fully saturated rings. The Morgan fingerprint density at radius 2 is 2.12 bits per heavy atom. The van der Waals surface area contributed by atoms with Crippen LogP contribution in [-0.2, 0) is 6.54 Å². The van der Waals surface area contributed by atoms with Crippen molar-refractivity contribution in [3.8, 4) is 0 Å². The molecule has 2 heterocycles. The number of rotatable bonds is 2. The average molecular weight is 236 g/mol. The van der Waals surface area contributed by atoms with Crippen molar-refractivity contribution >= 4 is 0 Å². The highest BCUT2D eigenvalue weighted by atomic mass is 16.3. The van der Waals surface area contributed by atoms with Gasteiger partial charge in [0.1, 0.15) is 5.76 Å². The third-order valence-electron chi connectivity index (χ3n) is 3.71. The molecule has 3 heteroatoms. The summed E-state index contributed by atoms with van der Waals surface area (Å²) < 4.78 is 5.48. The molecule has 17 heavy (non-hydrogen) atoms. The molecule has 0 aromatic carbocycles. The molecule has 0 radical (unpaired) electrons. The summed E-state index contributed by atoms with van der Waals surface area (Å²) in [5, 5.41) is 3.61. The first-order valence-corrected chi connectivity index (χ1v) is 6.42. The molecule has 96 valence electrons. The van der Waals surface area contributed by atoms with Crippen LogP contribution in [0, 0.1) is 0 Å². The quantitative estimate of drug-likeness (QED) is 0.855. The highest BCUT2D eigenvalue weighted by molar-refractivity contribution is 5.02. The van der Waals surface area contributed by atoms with Crippen LogP contribution in [0.3, 0.4) is 0 Å². The lowest BCUT2D eigenvalue weighted by Crippen LogP contribution is -2.50. The van der Waals surface area contributed by atoms with Gasteiger partial charge in [0.2, 0.25) is 0 Å². The van der Waals surface area contributed by atoms with Crippen LogP contribution in [0.15, 0.2) is 22.8 Å². The van der Waals surface area contributed by atoms with Gasteiger partial charge in [-0.05, 0) is 52.8 Å². The zero-order chi connectivity index (χ0) is 12.5. The second-order valence-corrected chi connectivity index (χ2v) is 6.31. The summed E-state index contributed by atoms with van der Waals surface area (Å²) in [5.41, 5.74) is 0.383. The van der Waals surface area contributed by atoms with Gasteiger partial charge in [-0.1, -0.05) is 0 Å². The smallest absolute Gasteiger partial charge is 0.117 e. The van der Waals surface area contributed by atoms with Gasteiger partial charge in [0.15, 0.2) is 0 Å². The Kier molecular flexibility index (Phi) is 3.32. The van der Waals surface area contributed by atoms with Crippen molar-refractivity contribution < 1.29 is 4.42 Å². The fraction of sp³-hybridized carbons (Fsp3) is 0.714. The molecular weight excluding hydrogens is 212 g/mol. The zero-order valence-electron chi connectivity index (χ0n) is 11.4. The molecular formula is C14H24N2O. The van der Waals surface area contributed by atoms with Crippen molar-refractivity contribution in [3.63, 3.8) is 0 Å². The summed E-state index contributed by atoms with van der Waals surface area (Å²) in [6.45, 7) is 12.2. The van der Waals surface area contributed by atoms with E-state index < -0.39 is 0 Å². The van der Waals surface area contributed by atoms with Crippen LogP contribution in [0.2, 0.25) is 0 Å². The van der Waals surface area contributed by atoms with E-state index in [1.807, 2.05) is 6.07 Å². The van der Waals surface area contributed by atoms with E-state index in [1.165, 1.54) is 0 Å². The van der Waals surface area contributed by atoms with Gasteiger partial charge >= 0.3 is 0 Å². The minimum atomic E-state index is 0.167. The van der Waals surface area contributed by atoms with E-state index in [0.29, 0.717) is 0 Å². The lowest BCUT2D eigenvalue weighted by Gasteiger charge is -2.39. The third-order valence-corrected chi connectivity index (χ3v) is 3.71. The highest BCUT2D eigenvalue weighted by Gasteiger charge is 2.35. The van der Waals surface area contributed by atoms with Crippen molar-refractivity contribution in [1.82, 2.24) is 10.2 Å². The van der Waals surface area contributed by atoms with Gasteiger partial charge < -0.3 is 9.73 Å². The summed E-state index contributed by atoms with van der Waals surface area (Å²) >= 11 is 0. The number of nitrogens with zero attached hydrogens (tertiary/aromatic N) is 1. The normalized spacial score (nSPS) is 24.5. The SMILES string of the molecule is CC1(C)CN(Cc2ccco2)C(C)(C)CCN1. The molecule has 1 aliphatic heterocycles. The Hall–Kier alpha value is -0.800. The molecule has 0 atom stereocenters. The van der Waals surface area contributed by atoms with E-state index in [0.717, 1.165) is 31.8 Å².